The molecule has 0 unspecified atom stereocenters. The Morgan fingerprint density at radius 3 is 2.42 bits per heavy atom. The highest BCUT2D eigenvalue weighted by Crippen LogP contribution is 2.20. The molecule has 1 atom stereocenters. The minimum atomic E-state index is -3.49. The van der Waals surface area contributed by atoms with Gasteiger partial charge in [0.2, 0.25) is 10.0 Å². The van der Waals surface area contributed by atoms with Gasteiger partial charge in [0, 0.05) is 45.8 Å². The third-order valence-corrected chi connectivity index (χ3v) is 6.47. The number of rotatable bonds is 7. The van der Waals surface area contributed by atoms with Crippen LogP contribution in [0.1, 0.15) is 0 Å². The molecule has 8 nitrogen and oxygen atoms in total. The minimum absolute atomic E-state index is 0.180. The molecule has 0 spiro atoms. The highest BCUT2D eigenvalue weighted by Gasteiger charge is 2.26. The van der Waals surface area contributed by atoms with Gasteiger partial charge in [0.15, 0.2) is 0 Å². The molecule has 26 heavy (non-hydrogen) atoms. The molecule has 2 fully saturated rings. The van der Waals surface area contributed by atoms with Gasteiger partial charge in [0.25, 0.3) is 0 Å². The smallest absolute Gasteiger partial charge is 0.243 e. The summed E-state index contributed by atoms with van der Waals surface area (Å²) in [6.45, 7) is 6.06. The van der Waals surface area contributed by atoms with E-state index in [0.29, 0.717) is 38.6 Å². The van der Waals surface area contributed by atoms with E-state index in [9.17, 15) is 13.5 Å². The second-order valence-corrected chi connectivity index (χ2v) is 8.44. The van der Waals surface area contributed by atoms with Crippen molar-refractivity contribution in [3.8, 4) is 5.75 Å². The lowest BCUT2D eigenvalue weighted by Gasteiger charge is -2.29. The van der Waals surface area contributed by atoms with Crippen molar-refractivity contribution in [3.63, 3.8) is 0 Å². The molecule has 0 bridgehead atoms. The van der Waals surface area contributed by atoms with Crippen molar-refractivity contribution in [2.24, 2.45) is 0 Å². The van der Waals surface area contributed by atoms with Gasteiger partial charge in [-0.2, -0.15) is 4.31 Å². The summed E-state index contributed by atoms with van der Waals surface area (Å²) < 4.78 is 37.4. The SMILES string of the molecule is O=S(=O)(c1ccc(OC[C@@H](O)CN2CCNCC2)cc1)N1CCOCC1. The lowest BCUT2D eigenvalue weighted by molar-refractivity contribution is 0.0641. The number of benzene rings is 1. The van der Waals surface area contributed by atoms with Crippen molar-refractivity contribution in [2.45, 2.75) is 11.0 Å². The molecule has 2 aliphatic heterocycles. The third-order valence-electron chi connectivity index (χ3n) is 4.55. The van der Waals surface area contributed by atoms with Crippen molar-refractivity contribution in [1.82, 2.24) is 14.5 Å². The summed E-state index contributed by atoms with van der Waals surface area (Å²) in [5, 5.41) is 13.4. The van der Waals surface area contributed by atoms with Crippen molar-refractivity contribution in [3.05, 3.63) is 24.3 Å². The molecular formula is C17H27N3O5S. The average molecular weight is 385 g/mol. The van der Waals surface area contributed by atoms with E-state index in [1.165, 1.54) is 4.31 Å². The van der Waals surface area contributed by atoms with Crippen LogP contribution in [0.4, 0.5) is 0 Å². The van der Waals surface area contributed by atoms with E-state index in [-0.39, 0.29) is 11.5 Å². The molecule has 9 heteroatoms. The van der Waals surface area contributed by atoms with E-state index in [0.717, 1.165) is 26.2 Å². The summed E-state index contributed by atoms with van der Waals surface area (Å²) >= 11 is 0. The van der Waals surface area contributed by atoms with Gasteiger partial charge >= 0.3 is 0 Å². The fraction of sp³-hybridized carbons (Fsp3) is 0.647. The summed E-state index contributed by atoms with van der Waals surface area (Å²) in [5.74, 6) is 0.547. The topological polar surface area (TPSA) is 91.3 Å². The standard InChI is InChI=1S/C17H27N3O5S/c21-15(13-19-7-5-18-6-8-19)14-25-16-1-3-17(4-2-16)26(22,23)20-9-11-24-12-10-20/h1-4,15,18,21H,5-14H2/t15-/m0/s1. The van der Waals surface area contributed by atoms with Crippen LogP contribution < -0.4 is 10.1 Å². The molecule has 0 amide bonds. The summed E-state index contributed by atoms with van der Waals surface area (Å²) in [6, 6.07) is 6.35. The quantitative estimate of drug-likeness (QED) is 0.645. The molecule has 0 saturated carbocycles. The molecule has 3 rings (SSSR count). The Kier molecular flexibility index (Phi) is 6.85. The molecule has 2 N–H and O–H groups in total. The predicted molar refractivity (Wildman–Crippen MR) is 96.8 cm³/mol. The van der Waals surface area contributed by atoms with Gasteiger partial charge in [-0.15, -0.1) is 0 Å². The van der Waals surface area contributed by atoms with Gasteiger partial charge in [-0.1, -0.05) is 0 Å². The van der Waals surface area contributed by atoms with E-state index >= 15 is 0 Å². The second kappa shape index (κ2) is 9.12. The number of piperazine rings is 1. The third kappa shape index (κ3) is 5.15. The van der Waals surface area contributed by atoms with Gasteiger partial charge < -0.3 is 19.9 Å². The maximum Gasteiger partial charge on any atom is 0.243 e. The van der Waals surface area contributed by atoms with Gasteiger partial charge in [-0.05, 0) is 24.3 Å². The zero-order valence-electron chi connectivity index (χ0n) is 14.8. The average Bonchev–Trinajstić information content (AvgIpc) is 2.68. The Morgan fingerprint density at radius 1 is 1.12 bits per heavy atom. The van der Waals surface area contributed by atoms with E-state index in [4.69, 9.17) is 9.47 Å². The molecule has 1 aromatic rings. The maximum atomic E-state index is 12.6. The van der Waals surface area contributed by atoms with Crippen molar-refractivity contribution in [2.75, 3.05) is 65.6 Å². The summed E-state index contributed by atoms with van der Waals surface area (Å²) in [6.07, 6.45) is -0.579. The van der Waals surface area contributed by atoms with Crippen LogP contribution in [0, 0.1) is 0 Å². The number of hydrogen-bond donors (Lipinski definition) is 2. The first-order chi connectivity index (χ1) is 12.6. The molecular weight excluding hydrogens is 358 g/mol. The first kappa shape index (κ1) is 19.5. The number of morpholine rings is 1. The largest absolute Gasteiger partial charge is 0.491 e. The van der Waals surface area contributed by atoms with E-state index in [1.54, 1.807) is 24.3 Å². The monoisotopic (exact) mass is 385 g/mol. The number of nitrogens with zero attached hydrogens (tertiary/aromatic N) is 2. The summed E-state index contributed by atoms with van der Waals surface area (Å²) in [7, 11) is -3.49. The molecule has 146 valence electrons. The molecule has 0 radical (unpaired) electrons. The number of ether oxygens (including phenoxy) is 2. The van der Waals surface area contributed by atoms with E-state index < -0.39 is 16.1 Å². The van der Waals surface area contributed by atoms with E-state index in [1.807, 2.05) is 0 Å². The zero-order valence-corrected chi connectivity index (χ0v) is 15.7. The molecule has 1 aromatic carbocycles. The molecule has 2 aliphatic rings. The predicted octanol–water partition coefficient (Wildman–Crippen LogP) is -0.648. The fourth-order valence-corrected chi connectivity index (χ4v) is 4.49. The summed E-state index contributed by atoms with van der Waals surface area (Å²) in [4.78, 5) is 2.44. The minimum Gasteiger partial charge on any atom is -0.491 e. The lowest BCUT2D eigenvalue weighted by Crippen LogP contribution is -2.47. The van der Waals surface area contributed by atoms with Crippen LogP contribution >= 0.6 is 0 Å². The first-order valence-electron chi connectivity index (χ1n) is 8.97. The normalized spacial score (nSPS) is 21.4. The van der Waals surface area contributed by atoms with Gasteiger partial charge in [0.1, 0.15) is 18.5 Å². The molecule has 2 saturated heterocycles. The molecule has 0 aliphatic carbocycles. The van der Waals surface area contributed by atoms with Crippen LogP contribution in [0.25, 0.3) is 0 Å². The number of nitrogens with one attached hydrogen (secondary N) is 1. The highest BCUT2D eigenvalue weighted by molar-refractivity contribution is 7.89. The fourth-order valence-electron chi connectivity index (χ4n) is 3.08. The number of aliphatic hydroxyl groups excluding tert-OH is 1. The summed E-state index contributed by atoms with van der Waals surface area (Å²) in [5.41, 5.74) is 0. The number of sulfonamides is 1. The number of aliphatic hydroxyl groups is 1. The van der Waals surface area contributed by atoms with Crippen molar-refractivity contribution in [1.29, 1.82) is 0 Å². The lowest BCUT2D eigenvalue weighted by atomic mass is 10.3. The van der Waals surface area contributed by atoms with Crippen LogP contribution in [0.15, 0.2) is 29.2 Å². The molecule has 2 heterocycles. The highest BCUT2D eigenvalue weighted by atomic mass is 32.2. The van der Waals surface area contributed by atoms with E-state index in [2.05, 4.69) is 10.2 Å². The second-order valence-electron chi connectivity index (χ2n) is 6.50. The number of hydrogen-bond acceptors (Lipinski definition) is 7. The Morgan fingerprint density at radius 2 is 1.77 bits per heavy atom. The van der Waals surface area contributed by atoms with Crippen LogP contribution in [0.5, 0.6) is 5.75 Å². The van der Waals surface area contributed by atoms with Crippen LogP contribution in [0.2, 0.25) is 0 Å². The van der Waals surface area contributed by atoms with Crippen LogP contribution in [-0.4, -0.2) is 94.5 Å². The van der Waals surface area contributed by atoms with Gasteiger partial charge in [-0.25, -0.2) is 8.42 Å². The molecule has 0 aromatic heterocycles. The van der Waals surface area contributed by atoms with Crippen LogP contribution in [-0.2, 0) is 14.8 Å². The Hall–Kier alpha value is -1.23. The van der Waals surface area contributed by atoms with Gasteiger partial charge in [0.05, 0.1) is 18.1 Å². The Bertz CT molecular complexity index is 655. The number of β-amino-alcohol motifs (C(OH)–C–C–N with tert-alkyl or cyclic N) is 1. The van der Waals surface area contributed by atoms with Crippen molar-refractivity contribution < 1.29 is 23.0 Å². The Balaban J connectivity index is 1.50. The van der Waals surface area contributed by atoms with Crippen LogP contribution in [0.3, 0.4) is 0 Å². The van der Waals surface area contributed by atoms with Gasteiger partial charge in [-0.3, -0.25) is 4.90 Å². The van der Waals surface area contributed by atoms with Crippen molar-refractivity contribution >= 4 is 10.0 Å². The Labute approximate surface area is 154 Å². The first-order valence-corrected chi connectivity index (χ1v) is 10.4. The zero-order chi connectivity index (χ0) is 18.4. The maximum absolute atomic E-state index is 12.6.